The van der Waals surface area contributed by atoms with Crippen molar-refractivity contribution in [2.75, 3.05) is 13.7 Å². The predicted molar refractivity (Wildman–Crippen MR) is 181 cm³/mol. The largest absolute Gasteiger partial charge is 0.472 e. The molecule has 14 heteroatoms. The van der Waals surface area contributed by atoms with Gasteiger partial charge in [-0.25, -0.2) is 0 Å². The lowest BCUT2D eigenvalue weighted by Gasteiger charge is -2.62. The molecule has 14 nitrogen and oxygen atoms in total. The number of ketones is 1. The van der Waals surface area contributed by atoms with E-state index in [0.29, 0.717) is 12.0 Å². The smallest absolute Gasteiger partial charge is 0.310 e. The first-order chi connectivity index (χ1) is 24.3. The fraction of sp³-hybridized carbons (Fsp3) is 0.684. The summed E-state index contributed by atoms with van der Waals surface area (Å²) < 4.78 is 33.7. The summed E-state index contributed by atoms with van der Waals surface area (Å²) in [5, 5.41) is 24.7. The molecule has 1 saturated heterocycles. The highest BCUT2D eigenvalue weighted by molar-refractivity contribution is 5.96. The Labute approximate surface area is 303 Å². The van der Waals surface area contributed by atoms with Gasteiger partial charge in [0.2, 0.25) is 0 Å². The van der Waals surface area contributed by atoms with Crippen molar-refractivity contribution in [1.29, 1.82) is 0 Å². The topological polar surface area (TPSA) is 202 Å². The van der Waals surface area contributed by atoms with Gasteiger partial charge in [-0.1, -0.05) is 40.7 Å². The van der Waals surface area contributed by atoms with E-state index in [1.807, 2.05) is 13.8 Å². The van der Waals surface area contributed by atoms with Crippen LogP contribution in [0.3, 0.4) is 0 Å². The first-order valence-corrected chi connectivity index (χ1v) is 17.6. The Morgan fingerprint density at radius 2 is 1.81 bits per heavy atom. The molecule has 2 N–H and O–H groups in total. The molecule has 2 aliphatic carbocycles. The number of hydrogen-bond donors (Lipinski definition) is 2. The number of carbonyl (C=O) groups is 6. The maximum atomic E-state index is 14.4. The molecule has 0 unspecified atom stereocenters. The van der Waals surface area contributed by atoms with Crippen LogP contribution in [0.4, 0.5) is 0 Å². The van der Waals surface area contributed by atoms with Gasteiger partial charge < -0.3 is 38.3 Å². The van der Waals surface area contributed by atoms with Gasteiger partial charge in [-0.05, 0) is 36.5 Å². The number of ether oxygens (including phenoxy) is 5. The molecule has 3 aliphatic rings. The van der Waals surface area contributed by atoms with Gasteiger partial charge in [0.1, 0.15) is 24.4 Å². The van der Waals surface area contributed by atoms with Crippen LogP contribution in [0.25, 0.3) is 0 Å². The number of aliphatic hydroxyl groups excluding tert-OH is 1. The lowest BCUT2D eigenvalue weighted by Crippen LogP contribution is -2.69. The summed E-state index contributed by atoms with van der Waals surface area (Å²) in [5.41, 5.74) is -6.87. The molecule has 2 saturated carbocycles. The van der Waals surface area contributed by atoms with E-state index in [2.05, 4.69) is 6.58 Å². The van der Waals surface area contributed by atoms with E-state index < -0.39 is 113 Å². The van der Waals surface area contributed by atoms with Crippen molar-refractivity contribution in [2.45, 2.75) is 116 Å². The molecule has 1 aromatic rings. The second-order valence-corrected chi connectivity index (χ2v) is 15.3. The van der Waals surface area contributed by atoms with Crippen LogP contribution in [0.2, 0.25) is 0 Å². The van der Waals surface area contributed by atoms with Crippen LogP contribution >= 0.6 is 0 Å². The average Bonchev–Trinajstić information content (AvgIpc) is 3.67. The number of aliphatic hydroxyl groups is 2. The third-order valence-electron chi connectivity index (χ3n) is 12.6. The van der Waals surface area contributed by atoms with Crippen molar-refractivity contribution >= 4 is 36.1 Å². The summed E-state index contributed by atoms with van der Waals surface area (Å²) in [5.74, 6) is -8.28. The average molecular weight is 733 g/mol. The molecular formula is C38H52O14. The number of methoxy groups -OCH3 is 1. The minimum atomic E-state index is -2.34. The number of Topliss-reactive ketones (excluding diaryl/α,β-unsaturated/α-hetero) is 1. The Bertz CT molecular complexity index is 1550. The maximum Gasteiger partial charge on any atom is 0.310 e. The summed E-state index contributed by atoms with van der Waals surface area (Å²) in [6, 6.07) is 1.68. The third-order valence-corrected chi connectivity index (χ3v) is 12.6. The normalized spacial score (nSPS) is 37.2. The minimum absolute atomic E-state index is 0.0616. The highest BCUT2D eigenvalue weighted by atomic mass is 16.6. The summed E-state index contributed by atoms with van der Waals surface area (Å²) in [6.45, 7) is 14.8. The van der Waals surface area contributed by atoms with E-state index in [0.717, 1.165) is 21.0 Å². The SMILES string of the molecule is C=C1[C@H]([C@]2(C)[C@@H](OC(C)=O)CC(=O)O[C@](C)(COC(C)=O)[C@@H]2CC(=O)OC)[C@H](OC=O)[C@H](C[C@@H](O)[C@H](C)CC)[C@@]2(C)[C@H](c3ccoc3)CC(=O)[C@]12O. The zero-order valence-corrected chi connectivity index (χ0v) is 31.2. The number of rotatable bonds is 13. The number of furan rings is 1. The molecule has 3 fully saturated rings. The molecule has 12 atom stereocenters. The van der Waals surface area contributed by atoms with Crippen molar-refractivity contribution in [3.05, 3.63) is 36.3 Å². The Balaban J connectivity index is 2.12. The molecule has 52 heavy (non-hydrogen) atoms. The summed E-state index contributed by atoms with van der Waals surface area (Å²) >= 11 is 0. The van der Waals surface area contributed by atoms with Crippen LogP contribution in [-0.2, 0) is 52.5 Å². The minimum Gasteiger partial charge on any atom is -0.472 e. The molecule has 0 amide bonds. The van der Waals surface area contributed by atoms with Crippen LogP contribution in [0.15, 0.2) is 35.2 Å². The van der Waals surface area contributed by atoms with Crippen molar-refractivity contribution in [3.8, 4) is 0 Å². The molecule has 0 aromatic carbocycles. The highest BCUT2D eigenvalue weighted by Crippen LogP contribution is 2.70. The van der Waals surface area contributed by atoms with Crippen molar-refractivity contribution in [2.24, 2.45) is 34.5 Å². The zero-order valence-electron chi connectivity index (χ0n) is 31.2. The van der Waals surface area contributed by atoms with Gasteiger partial charge in [-0.15, -0.1) is 0 Å². The van der Waals surface area contributed by atoms with E-state index in [-0.39, 0.29) is 30.8 Å². The van der Waals surface area contributed by atoms with E-state index >= 15 is 0 Å². The van der Waals surface area contributed by atoms with Crippen LogP contribution in [0, 0.1) is 34.5 Å². The molecule has 0 spiro atoms. The monoisotopic (exact) mass is 732 g/mol. The first-order valence-electron chi connectivity index (χ1n) is 17.6. The number of hydrogen-bond acceptors (Lipinski definition) is 14. The summed E-state index contributed by atoms with van der Waals surface area (Å²) in [4.78, 5) is 78.9. The Morgan fingerprint density at radius 1 is 1.13 bits per heavy atom. The van der Waals surface area contributed by atoms with Crippen molar-refractivity contribution < 1.29 is 67.1 Å². The van der Waals surface area contributed by atoms with Gasteiger partial charge in [0.25, 0.3) is 6.47 Å². The number of cyclic esters (lactones) is 1. The molecular weight excluding hydrogens is 680 g/mol. The number of carbonyl (C=O) groups excluding carboxylic acids is 6. The van der Waals surface area contributed by atoms with Gasteiger partial charge in [0.15, 0.2) is 11.4 Å². The van der Waals surface area contributed by atoms with Crippen molar-refractivity contribution in [1.82, 2.24) is 0 Å². The van der Waals surface area contributed by atoms with Crippen LogP contribution < -0.4 is 0 Å². The third kappa shape index (κ3) is 6.68. The lowest BCUT2D eigenvalue weighted by atomic mass is 9.44. The lowest BCUT2D eigenvalue weighted by molar-refractivity contribution is -0.219. The fourth-order valence-electron chi connectivity index (χ4n) is 9.67. The van der Waals surface area contributed by atoms with E-state index in [1.165, 1.54) is 19.5 Å². The van der Waals surface area contributed by atoms with Gasteiger partial charge in [-0.2, -0.15) is 0 Å². The molecule has 0 radical (unpaired) electrons. The maximum absolute atomic E-state index is 14.4. The molecule has 288 valence electrons. The standard InChI is InChI=1S/C38H52O14/c1-10-20(2)27(42)13-26-34(50-19-39)33(21(3)38(46)29(43)14-25(37(26,38)8)24-11-12-48-17-24)36(7)28(15-31(44)47-9)35(6,18-49-22(4)40)52-32(45)16-30(36)51-23(5)41/h11-12,17,19-20,25-28,30,33-34,42,46H,3,10,13-16,18H2,1-2,4-9H3/t20-,25+,26+,27-,28+,30+,33+,34-,35-,36+,37-,38-/m1/s1. The van der Waals surface area contributed by atoms with E-state index in [1.54, 1.807) is 19.9 Å². The fourth-order valence-corrected chi connectivity index (χ4v) is 9.67. The van der Waals surface area contributed by atoms with Crippen LogP contribution in [0.5, 0.6) is 0 Å². The summed E-state index contributed by atoms with van der Waals surface area (Å²) in [6.07, 6.45) is -1.54. The van der Waals surface area contributed by atoms with Gasteiger partial charge in [0.05, 0.1) is 38.6 Å². The predicted octanol–water partition coefficient (Wildman–Crippen LogP) is 3.60. The van der Waals surface area contributed by atoms with Crippen LogP contribution in [-0.4, -0.2) is 89.6 Å². The molecule has 2 heterocycles. The molecule has 1 aliphatic heterocycles. The quantitative estimate of drug-likeness (QED) is 0.129. The summed E-state index contributed by atoms with van der Waals surface area (Å²) in [7, 11) is 1.15. The van der Waals surface area contributed by atoms with Crippen LogP contribution in [0.1, 0.15) is 92.1 Å². The van der Waals surface area contributed by atoms with E-state index in [4.69, 9.17) is 28.1 Å². The van der Waals surface area contributed by atoms with Gasteiger partial charge in [0, 0.05) is 54.8 Å². The number of esters is 4. The van der Waals surface area contributed by atoms with Gasteiger partial charge in [-0.3, -0.25) is 28.8 Å². The molecule has 4 rings (SSSR count). The molecule has 1 aromatic heterocycles. The number of fused-ring (bicyclic) bond motifs is 1. The Kier molecular flexibility index (Phi) is 11.9. The second kappa shape index (κ2) is 15.1. The van der Waals surface area contributed by atoms with Crippen molar-refractivity contribution in [3.63, 3.8) is 0 Å². The highest BCUT2D eigenvalue weighted by Gasteiger charge is 2.76. The Hall–Kier alpha value is -4.04. The molecule has 0 bridgehead atoms. The van der Waals surface area contributed by atoms with E-state index in [9.17, 15) is 39.0 Å². The first kappa shape index (κ1) is 40.7. The second-order valence-electron chi connectivity index (χ2n) is 15.3. The zero-order chi connectivity index (χ0) is 39.0. The Morgan fingerprint density at radius 3 is 2.35 bits per heavy atom. The van der Waals surface area contributed by atoms with Gasteiger partial charge >= 0.3 is 23.9 Å².